The van der Waals surface area contributed by atoms with Gasteiger partial charge in [0.25, 0.3) is 0 Å². The van der Waals surface area contributed by atoms with Crippen LogP contribution in [0.25, 0.3) is 22.4 Å². The Kier molecular flexibility index (Phi) is 15.2. The van der Waals surface area contributed by atoms with Gasteiger partial charge in [0.1, 0.15) is 17.5 Å². The van der Waals surface area contributed by atoms with E-state index in [9.17, 15) is 24.9 Å². The summed E-state index contributed by atoms with van der Waals surface area (Å²) in [7, 11) is 0. The van der Waals surface area contributed by atoms with E-state index in [1.165, 1.54) is 0 Å². The van der Waals surface area contributed by atoms with E-state index in [1.54, 1.807) is 6.92 Å². The first-order valence-electron chi connectivity index (χ1n) is 26.1. The van der Waals surface area contributed by atoms with E-state index >= 15 is 0 Å². The zero-order valence-electron chi connectivity index (χ0n) is 42.6. The number of aliphatic hydroxyl groups is 2. The molecule has 0 unspecified atom stereocenters. The molecular formula is C56H79N3O10. The van der Waals surface area contributed by atoms with E-state index in [1.807, 2.05) is 69.8 Å². The van der Waals surface area contributed by atoms with E-state index in [2.05, 4.69) is 75.3 Å². The van der Waals surface area contributed by atoms with Crippen molar-refractivity contribution in [3.8, 4) is 22.4 Å². The summed E-state index contributed by atoms with van der Waals surface area (Å²) in [6, 6.07) is 18.0. The summed E-state index contributed by atoms with van der Waals surface area (Å²) in [4.78, 5) is 26.9. The van der Waals surface area contributed by atoms with Gasteiger partial charge in [0, 0.05) is 35.7 Å². The fraction of sp³-hybridized carbons (Fsp3) is 0.679. The summed E-state index contributed by atoms with van der Waals surface area (Å²) in [5.41, 5.74) is 2.20. The van der Waals surface area contributed by atoms with Crippen LogP contribution in [0.3, 0.4) is 0 Å². The van der Waals surface area contributed by atoms with Gasteiger partial charge in [0.15, 0.2) is 11.6 Å². The molecule has 3 aromatic rings. The molecule has 13 nitrogen and oxygen atoms in total. The number of Topliss-reactive ketones (excluding diaryl/α,β-unsaturated/α-hetero) is 1. The van der Waals surface area contributed by atoms with Crippen LogP contribution >= 0.6 is 0 Å². The van der Waals surface area contributed by atoms with E-state index in [0.29, 0.717) is 63.5 Å². The first-order chi connectivity index (χ1) is 32.8. The van der Waals surface area contributed by atoms with E-state index < -0.39 is 76.8 Å². The number of nitrogens with zero attached hydrogens (tertiary/aromatic N) is 3. The van der Waals surface area contributed by atoms with Crippen LogP contribution in [-0.2, 0) is 33.3 Å². The number of ketones is 1. The quantitative estimate of drug-likeness (QED) is 0.123. The zero-order valence-corrected chi connectivity index (χ0v) is 42.6. The number of carbonyl (C=O) groups is 2. The van der Waals surface area contributed by atoms with Crippen molar-refractivity contribution in [1.82, 2.24) is 15.0 Å². The van der Waals surface area contributed by atoms with Crippen molar-refractivity contribution in [3.63, 3.8) is 0 Å². The maximum atomic E-state index is 14.8. The van der Waals surface area contributed by atoms with Crippen molar-refractivity contribution in [1.29, 1.82) is 0 Å². The van der Waals surface area contributed by atoms with Crippen molar-refractivity contribution >= 4 is 11.8 Å². The van der Waals surface area contributed by atoms with Gasteiger partial charge < -0.3 is 39.0 Å². The average Bonchev–Trinajstić information content (AvgIpc) is 3.97. The number of carbonyl (C=O) groups excluding carboxylic acids is 1. The number of aliphatic hydroxyl groups excluding tert-OH is 1. The first kappa shape index (κ1) is 51.5. The third-order valence-corrected chi connectivity index (χ3v) is 17.5. The summed E-state index contributed by atoms with van der Waals surface area (Å²) in [5, 5.41) is 42.7. The molecule has 8 rings (SSSR count). The van der Waals surface area contributed by atoms with Gasteiger partial charge in [-0.1, -0.05) is 121 Å². The van der Waals surface area contributed by atoms with Crippen molar-refractivity contribution < 1.29 is 48.6 Å². The molecule has 18 atom stereocenters. The predicted octanol–water partition coefficient (Wildman–Crippen LogP) is 9.99. The summed E-state index contributed by atoms with van der Waals surface area (Å²) in [6.07, 6.45) is 9.03. The minimum atomic E-state index is -1.27. The molecule has 0 saturated carbocycles. The highest BCUT2D eigenvalue weighted by Gasteiger charge is 2.64. The van der Waals surface area contributed by atoms with E-state index in [-0.39, 0.29) is 41.8 Å². The van der Waals surface area contributed by atoms with Crippen LogP contribution in [-0.4, -0.2) is 101 Å². The molecule has 4 saturated heterocycles. The van der Waals surface area contributed by atoms with Crippen molar-refractivity contribution in [2.24, 2.45) is 41.4 Å². The third kappa shape index (κ3) is 9.79. The first-order valence-corrected chi connectivity index (χ1v) is 26.1. The van der Waals surface area contributed by atoms with Gasteiger partial charge in [-0.25, -0.2) is 4.68 Å². The second-order valence-electron chi connectivity index (χ2n) is 21.9. The molecule has 0 aliphatic carbocycles. The molecule has 2 spiro atoms. The number of carboxylic acid groups (broad SMARTS) is 1. The van der Waals surface area contributed by atoms with Gasteiger partial charge >= 0.3 is 5.97 Å². The Bertz CT molecular complexity index is 2270. The van der Waals surface area contributed by atoms with Gasteiger partial charge in [0.05, 0.1) is 59.9 Å². The number of hydrogen-bond acceptors (Lipinski definition) is 11. The van der Waals surface area contributed by atoms with Crippen molar-refractivity contribution in [3.05, 3.63) is 72.9 Å². The molecule has 13 heteroatoms. The molecule has 69 heavy (non-hydrogen) atoms. The highest BCUT2D eigenvalue weighted by atomic mass is 16.8. The molecule has 5 aliphatic rings. The normalized spacial score (nSPS) is 38.1. The lowest BCUT2D eigenvalue weighted by molar-refractivity contribution is -0.402. The maximum absolute atomic E-state index is 14.8. The minimum absolute atomic E-state index is 0.00762. The molecule has 2 aromatic carbocycles. The molecule has 5 aliphatic heterocycles. The predicted molar refractivity (Wildman–Crippen MR) is 263 cm³/mol. The number of ether oxygens (including phenoxy) is 5. The number of aliphatic carboxylic acids is 1. The number of hydrogen-bond donors (Lipinski definition) is 3. The lowest BCUT2D eigenvalue weighted by Gasteiger charge is -2.55. The van der Waals surface area contributed by atoms with Crippen LogP contribution in [0.15, 0.2) is 72.9 Å². The number of aromatic nitrogens is 3. The van der Waals surface area contributed by atoms with Crippen molar-refractivity contribution in [2.45, 2.75) is 199 Å². The summed E-state index contributed by atoms with van der Waals surface area (Å²) < 4.78 is 37.2. The molecule has 378 valence electrons. The van der Waals surface area contributed by atoms with Crippen LogP contribution in [0.2, 0.25) is 0 Å². The maximum Gasteiger partial charge on any atom is 0.309 e. The molecule has 0 radical (unpaired) electrons. The van der Waals surface area contributed by atoms with Crippen LogP contribution in [0, 0.1) is 41.4 Å². The largest absolute Gasteiger partial charge is 0.481 e. The highest BCUT2D eigenvalue weighted by molar-refractivity contribution is 5.84. The summed E-state index contributed by atoms with van der Waals surface area (Å²) in [5.74, 6) is -5.82. The number of benzene rings is 2. The minimum Gasteiger partial charge on any atom is -0.481 e. The molecule has 6 heterocycles. The smallest absolute Gasteiger partial charge is 0.309 e. The van der Waals surface area contributed by atoms with Gasteiger partial charge in [-0.3, -0.25) is 9.59 Å². The SMILES string of the molecule is CC[C@@H](C(=O)[C@@H](C)[C@@H](O)[C@H](C)[C@@H]1O[C@@H]([C@@H](CC)C(=O)O)CC[C@@H]1C)[C@H]1O[C@]2(C=C[C@H](n3cc(-c4ccc(-c5ccccc5)cc4)nn3)[C@]3(CC[C@@](C)([C@H]4CC[C@](O)(CC)[C@H](C)O4)O3)O2)[C@H](C)C[C@@H]1C. The number of rotatable bonds is 15. The molecule has 3 N–H and O–H groups in total. The van der Waals surface area contributed by atoms with Crippen LogP contribution < -0.4 is 0 Å². The zero-order chi connectivity index (χ0) is 49.6. The molecular weight excluding hydrogens is 875 g/mol. The Morgan fingerprint density at radius 1 is 0.826 bits per heavy atom. The lowest BCUT2D eigenvalue weighted by Crippen LogP contribution is -2.62. The Morgan fingerprint density at radius 2 is 1.51 bits per heavy atom. The molecule has 4 fully saturated rings. The fourth-order valence-corrected chi connectivity index (χ4v) is 12.8. The Hall–Kier alpha value is -3.82. The van der Waals surface area contributed by atoms with Crippen molar-refractivity contribution in [2.75, 3.05) is 0 Å². The average molecular weight is 954 g/mol. The third-order valence-electron chi connectivity index (χ3n) is 17.5. The molecule has 0 bridgehead atoms. The monoisotopic (exact) mass is 954 g/mol. The highest BCUT2D eigenvalue weighted by Crippen LogP contribution is 2.57. The van der Waals surface area contributed by atoms with Gasteiger partial charge in [-0.05, 0) is 101 Å². The van der Waals surface area contributed by atoms with Crippen LogP contribution in [0.1, 0.15) is 139 Å². The summed E-state index contributed by atoms with van der Waals surface area (Å²) in [6.45, 7) is 20.0. The Morgan fingerprint density at radius 3 is 2.16 bits per heavy atom. The number of carboxylic acids is 1. The Balaban J connectivity index is 1.07. The lowest BCUT2D eigenvalue weighted by atomic mass is 9.72. The van der Waals surface area contributed by atoms with E-state index in [4.69, 9.17) is 28.9 Å². The fourth-order valence-electron chi connectivity index (χ4n) is 12.8. The standard InChI is InChI=1S/C56H79N3O10/c1-11-42(52(62)63)45-24-19-33(4)50(66-45)37(8)48(60)36(7)49(61)43(12-2)51-34(5)31-35(6)55(67-51)28-25-46(56(69-55)30-29-53(10,68-56)47-26-27-54(64,13-3)38(9)65-47)59-32-44(57-58-59)41-22-20-40(21-23-41)39-17-15-14-16-18-39/h14-18,20-23,25,28,32-38,42-43,45-48,50-51,60,64H,11-13,19,24,26-27,29-31H2,1-10H3,(H,62,63)/t33-,34-,35+,36-,37-,38-,42+,43-,45+,46-,47+,48+,50+,51-,53-,54+,55-,56-/m0/s1. The summed E-state index contributed by atoms with van der Waals surface area (Å²) >= 11 is 0. The van der Waals surface area contributed by atoms with Gasteiger partial charge in [-0.2, -0.15) is 0 Å². The van der Waals surface area contributed by atoms with Gasteiger partial charge in [-0.15, -0.1) is 5.10 Å². The Labute approximate surface area is 409 Å². The van der Waals surface area contributed by atoms with E-state index in [0.717, 1.165) is 23.1 Å². The van der Waals surface area contributed by atoms with Gasteiger partial charge in [0.2, 0.25) is 0 Å². The second-order valence-corrected chi connectivity index (χ2v) is 21.9. The molecule has 1 aromatic heterocycles. The van der Waals surface area contributed by atoms with Crippen LogP contribution in [0.5, 0.6) is 0 Å². The second kappa shape index (κ2) is 20.4. The van der Waals surface area contributed by atoms with Crippen LogP contribution in [0.4, 0.5) is 0 Å². The topological polar surface area (TPSA) is 172 Å². The molecule has 0 amide bonds.